The highest BCUT2D eigenvalue weighted by Gasteiger charge is 2.20. The third-order valence-electron chi connectivity index (χ3n) is 2.86. The maximum Gasteiger partial charge on any atom is 0.324 e. The highest BCUT2D eigenvalue weighted by atomic mass is 35.5. The third kappa shape index (κ3) is 4.27. The fourth-order valence-corrected chi connectivity index (χ4v) is 2.77. The minimum Gasteiger partial charge on any atom is -0.332 e. The topological polar surface area (TPSA) is 92.6 Å². The molecule has 9 heteroatoms. The van der Waals surface area contributed by atoms with Gasteiger partial charge in [-0.2, -0.15) is 0 Å². The molecule has 2 aromatic rings. The molecule has 0 saturated heterocycles. The predicted octanol–water partition coefficient (Wildman–Crippen LogP) is 3.02. The van der Waals surface area contributed by atoms with Crippen molar-refractivity contribution in [1.82, 2.24) is 4.90 Å². The van der Waals surface area contributed by atoms with Crippen LogP contribution in [-0.2, 0) is 4.79 Å². The highest BCUT2D eigenvalue weighted by Crippen LogP contribution is 2.25. The summed E-state index contributed by atoms with van der Waals surface area (Å²) in [7, 11) is 1.44. The van der Waals surface area contributed by atoms with Gasteiger partial charge in [0.25, 0.3) is 5.91 Å². The van der Waals surface area contributed by atoms with E-state index in [1.54, 1.807) is 24.3 Å². The van der Waals surface area contributed by atoms with E-state index >= 15 is 0 Å². The second-order valence-electron chi connectivity index (χ2n) is 4.58. The van der Waals surface area contributed by atoms with Gasteiger partial charge in [0.1, 0.15) is 0 Å². The summed E-state index contributed by atoms with van der Waals surface area (Å²) in [5, 5.41) is 13.5. The van der Waals surface area contributed by atoms with E-state index in [2.05, 4.69) is 5.32 Å². The van der Waals surface area contributed by atoms with E-state index < -0.39 is 16.7 Å². The quantitative estimate of drug-likeness (QED) is 0.660. The molecule has 0 aliphatic carbocycles. The maximum atomic E-state index is 12.1. The van der Waals surface area contributed by atoms with Gasteiger partial charge in [0.05, 0.1) is 27.1 Å². The lowest BCUT2D eigenvalue weighted by Crippen LogP contribution is -2.34. The van der Waals surface area contributed by atoms with Crippen LogP contribution in [-0.4, -0.2) is 35.2 Å². The van der Waals surface area contributed by atoms with Crippen LogP contribution in [0.4, 0.5) is 10.7 Å². The summed E-state index contributed by atoms with van der Waals surface area (Å²) in [6, 6.07) is 9.36. The predicted molar refractivity (Wildman–Crippen MR) is 88.0 cm³/mol. The van der Waals surface area contributed by atoms with Crippen molar-refractivity contribution in [2.45, 2.75) is 0 Å². The number of thiophene rings is 1. The summed E-state index contributed by atoms with van der Waals surface area (Å²) >= 11 is 6.71. The first-order valence-electron chi connectivity index (χ1n) is 6.42. The average molecular weight is 354 g/mol. The number of nitrogens with zero attached hydrogens (tertiary/aromatic N) is 2. The Morgan fingerprint density at radius 3 is 2.61 bits per heavy atom. The smallest absolute Gasteiger partial charge is 0.324 e. The number of benzene rings is 1. The molecule has 0 unspecified atom stereocenters. The molecule has 0 atom stereocenters. The second kappa shape index (κ2) is 7.21. The Hall–Kier alpha value is -2.45. The molecule has 1 aromatic carbocycles. The number of amides is 2. The standard InChI is InChI=1S/C14H12ClN3O4S/c1-17(14(20)11-6-7-13(23-11)18(21)22)8-12(19)16-10-5-3-2-4-9(10)15/h2-7H,8H2,1H3,(H,16,19). The molecule has 1 N–H and O–H groups in total. The van der Waals surface area contributed by atoms with Crippen molar-refractivity contribution >= 4 is 45.4 Å². The molecular formula is C14H12ClN3O4S. The zero-order valence-electron chi connectivity index (χ0n) is 12.0. The summed E-state index contributed by atoms with van der Waals surface area (Å²) in [6.07, 6.45) is 0. The van der Waals surface area contributed by atoms with Gasteiger partial charge in [0, 0.05) is 13.1 Å². The summed E-state index contributed by atoms with van der Waals surface area (Å²) in [5.41, 5.74) is 0.451. The first kappa shape index (κ1) is 16.9. The number of para-hydroxylation sites is 1. The SMILES string of the molecule is CN(CC(=O)Nc1ccccc1Cl)C(=O)c1ccc([N+](=O)[O-])s1. The van der Waals surface area contributed by atoms with Gasteiger partial charge in [-0.25, -0.2) is 0 Å². The summed E-state index contributed by atoms with van der Waals surface area (Å²) in [6.45, 7) is -0.199. The molecular weight excluding hydrogens is 342 g/mol. The molecule has 120 valence electrons. The van der Waals surface area contributed by atoms with Gasteiger partial charge in [0.15, 0.2) is 0 Å². The molecule has 7 nitrogen and oxygen atoms in total. The van der Waals surface area contributed by atoms with E-state index in [1.807, 2.05) is 0 Å². The first-order chi connectivity index (χ1) is 10.9. The van der Waals surface area contributed by atoms with Gasteiger partial charge < -0.3 is 10.2 Å². The molecule has 0 aliphatic heterocycles. The largest absolute Gasteiger partial charge is 0.332 e. The van der Waals surface area contributed by atoms with Crippen LogP contribution in [0.5, 0.6) is 0 Å². The number of carbonyl (C=O) groups excluding carboxylic acids is 2. The highest BCUT2D eigenvalue weighted by molar-refractivity contribution is 7.17. The van der Waals surface area contributed by atoms with Crippen molar-refractivity contribution in [3.05, 3.63) is 56.4 Å². The molecule has 0 radical (unpaired) electrons. The molecule has 1 aromatic heterocycles. The van der Waals surface area contributed by atoms with Gasteiger partial charge in [0.2, 0.25) is 5.91 Å². The van der Waals surface area contributed by atoms with Crippen LogP contribution in [0, 0.1) is 10.1 Å². The Kier molecular flexibility index (Phi) is 5.30. The van der Waals surface area contributed by atoms with Gasteiger partial charge in [-0.15, -0.1) is 0 Å². The van der Waals surface area contributed by atoms with E-state index in [0.717, 1.165) is 11.3 Å². The fourth-order valence-electron chi connectivity index (χ4n) is 1.77. The van der Waals surface area contributed by atoms with Crippen molar-refractivity contribution in [3.63, 3.8) is 0 Å². The van der Waals surface area contributed by atoms with E-state index in [1.165, 1.54) is 24.1 Å². The van der Waals surface area contributed by atoms with Crippen LogP contribution in [0.2, 0.25) is 5.02 Å². The number of rotatable bonds is 5. The molecule has 0 bridgehead atoms. The Labute approximate surface area is 140 Å². The summed E-state index contributed by atoms with van der Waals surface area (Å²) in [5.74, 6) is -0.877. The molecule has 23 heavy (non-hydrogen) atoms. The van der Waals surface area contributed by atoms with Gasteiger partial charge >= 0.3 is 5.00 Å². The Balaban J connectivity index is 1.98. The maximum absolute atomic E-state index is 12.1. The lowest BCUT2D eigenvalue weighted by atomic mass is 10.3. The monoisotopic (exact) mass is 353 g/mol. The van der Waals surface area contributed by atoms with Crippen LogP contribution >= 0.6 is 22.9 Å². The molecule has 0 spiro atoms. The van der Waals surface area contributed by atoms with E-state index in [-0.39, 0.29) is 16.4 Å². The summed E-state index contributed by atoms with van der Waals surface area (Å²) < 4.78 is 0. The van der Waals surface area contributed by atoms with Crippen molar-refractivity contribution in [2.24, 2.45) is 0 Å². The first-order valence-corrected chi connectivity index (χ1v) is 7.62. The number of hydrogen-bond acceptors (Lipinski definition) is 5. The van der Waals surface area contributed by atoms with Crippen molar-refractivity contribution in [1.29, 1.82) is 0 Å². The zero-order chi connectivity index (χ0) is 17.0. The summed E-state index contributed by atoms with van der Waals surface area (Å²) in [4.78, 5) is 35.6. The number of nitrogens with one attached hydrogen (secondary N) is 1. The van der Waals surface area contributed by atoms with Gasteiger partial charge in [-0.05, 0) is 18.2 Å². The van der Waals surface area contributed by atoms with Crippen LogP contribution in [0.3, 0.4) is 0 Å². The number of nitro groups is 1. The van der Waals surface area contributed by atoms with E-state index in [0.29, 0.717) is 10.7 Å². The number of hydrogen-bond donors (Lipinski definition) is 1. The van der Waals surface area contributed by atoms with E-state index in [9.17, 15) is 19.7 Å². The van der Waals surface area contributed by atoms with Crippen molar-refractivity contribution in [2.75, 3.05) is 18.9 Å². The molecule has 2 rings (SSSR count). The molecule has 0 fully saturated rings. The Morgan fingerprint density at radius 2 is 2.00 bits per heavy atom. The molecule has 2 amide bonds. The Morgan fingerprint density at radius 1 is 1.30 bits per heavy atom. The van der Waals surface area contributed by atoms with Gasteiger partial charge in [-0.1, -0.05) is 35.1 Å². The second-order valence-corrected chi connectivity index (χ2v) is 6.05. The third-order valence-corrected chi connectivity index (χ3v) is 4.21. The average Bonchev–Trinajstić information content (AvgIpc) is 2.98. The zero-order valence-corrected chi connectivity index (χ0v) is 13.6. The number of likely N-dealkylation sites (N-methyl/N-ethyl adjacent to an activating group) is 1. The number of carbonyl (C=O) groups is 2. The molecule has 0 aliphatic rings. The lowest BCUT2D eigenvalue weighted by molar-refractivity contribution is -0.380. The van der Waals surface area contributed by atoms with E-state index in [4.69, 9.17) is 11.6 Å². The Bertz CT molecular complexity index is 762. The fraction of sp³-hybridized carbons (Fsp3) is 0.143. The minimum atomic E-state index is -0.564. The number of anilines is 1. The van der Waals surface area contributed by atoms with Crippen LogP contribution < -0.4 is 5.32 Å². The molecule has 0 saturated carbocycles. The van der Waals surface area contributed by atoms with Crippen LogP contribution in [0.15, 0.2) is 36.4 Å². The minimum absolute atomic E-state index is 0.123. The van der Waals surface area contributed by atoms with Crippen molar-refractivity contribution < 1.29 is 14.5 Å². The van der Waals surface area contributed by atoms with Crippen molar-refractivity contribution in [3.8, 4) is 0 Å². The van der Waals surface area contributed by atoms with Crippen LogP contribution in [0.1, 0.15) is 9.67 Å². The van der Waals surface area contributed by atoms with Crippen LogP contribution in [0.25, 0.3) is 0 Å². The van der Waals surface area contributed by atoms with Gasteiger partial charge in [-0.3, -0.25) is 19.7 Å². The lowest BCUT2D eigenvalue weighted by Gasteiger charge is -2.16. The molecule has 1 heterocycles. The number of halogens is 1. The normalized spacial score (nSPS) is 10.2.